The summed E-state index contributed by atoms with van der Waals surface area (Å²) >= 11 is 0. The molecule has 0 radical (unpaired) electrons. The maximum Gasteiger partial charge on any atom is 0.263 e. The van der Waals surface area contributed by atoms with Crippen molar-refractivity contribution >= 4 is 5.91 Å². The van der Waals surface area contributed by atoms with Gasteiger partial charge < -0.3 is 9.88 Å². The van der Waals surface area contributed by atoms with Gasteiger partial charge in [0.2, 0.25) is 0 Å². The second-order valence-electron chi connectivity index (χ2n) is 8.45. The summed E-state index contributed by atoms with van der Waals surface area (Å²) in [4.78, 5) is 26.1. The summed E-state index contributed by atoms with van der Waals surface area (Å²) in [7, 11) is 0. The molecular weight excluding hydrogens is 412 g/mol. The molecule has 1 aliphatic carbocycles. The first-order chi connectivity index (χ1) is 16.2. The molecule has 0 spiro atoms. The van der Waals surface area contributed by atoms with Gasteiger partial charge in [0, 0.05) is 17.5 Å². The van der Waals surface area contributed by atoms with E-state index in [1.807, 2.05) is 59.4 Å². The van der Waals surface area contributed by atoms with Crippen molar-refractivity contribution in [3.63, 3.8) is 0 Å². The van der Waals surface area contributed by atoms with Gasteiger partial charge in [-0.15, -0.1) is 0 Å². The van der Waals surface area contributed by atoms with Gasteiger partial charge >= 0.3 is 0 Å². The third kappa shape index (κ3) is 4.51. The summed E-state index contributed by atoms with van der Waals surface area (Å²) in [6.45, 7) is 1.14. The summed E-state index contributed by atoms with van der Waals surface area (Å²) in [5.41, 5.74) is 4.29. The maximum absolute atomic E-state index is 13.1. The number of benzene rings is 2. The standard InChI is InChI=1S/C27H26N4O2/c32-26(22-13-8-16-30(27(22)33)18-20-9-3-1-4-10-20)29-24-14-7-15-25-23(24)17-28-31(25)19-21-11-5-2-6-12-21/h1-6,8-13,16-17,24H,7,14-15,18-19H2,(H,29,32). The van der Waals surface area contributed by atoms with Crippen molar-refractivity contribution in [1.29, 1.82) is 0 Å². The molecular formula is C27H26N4O2. The van der Waals surface area contributed by atoms with Gasteiger partial charge in [-0.2, -0.15) is 5.10 Å². The Balaban J connectivity index is 1.34. The van der Waals surface area contributed by atoms with Gasteiger partial charge in [0.05, 0.1) is 25.3 Å². The molecule has 2 aromatic carbocycles. The average molecular weight is 439 g/mol. The van der Waals surface area contributed by atoms with Crippen LogP contribution in [0, 0.1) is 0 Å². The number of nitrogens with one attached hydrogen (secondary N) is 1. The number of pyridine rings is 1. The number of amides is 1. The third-order valence-electron chi connectivity index (χ3n) is 6.20. The van der Waals surface area contributed by atoms with E-state index in [9.17, 15) is 9.59 Å². The number of fused-ring (bicyclic) bond motifs is 1. The summed E-state index contributed by atoms with van der Waals surface area (Å²) in [6.07, 6.45) is 6.32. The number of carbonyl (C=O) groups is 1. The molecule has 4 aromatic rings. The zero-order valence-electron chi connectivity index (χ0n) is 18.4. The monoisotopic (exact) mass is 438 g/mol. The van der Waals surface area contributed by atoms with Crippen molar-refractivity contribution in [1.82, 2.24) is 19.7 Å². The summed E-state index contributed by atoms with van der Waals surface area (Å²) in [5.74, 6) is -0.337. The second kappa shape index (κ2) is 9.28. The Morgan fingerprint density at radius 3 is 2.36 bits per heavy atom. The maximum atomic E-state index is 13.1. The van der Waals surface area contributed by atoms with E-state index < -0.39 is 0 Å². The fourth-order valence-electron chi connectivity index (χ4n) is 4.51. The van der Waals surface area contributed by atoms with Crippen molar-refractivity contribution in [3.8, 4) is 0 Å². The molecule has 2 aromatic heterocycles. The van der Waals surface area contributed by atoms with E-state index in [1.54, 1.807) is 22.9 Å². The Labute approximate surface area is 192 Å². The van der Waals surface area contributed by atoms with Gasteiger partial charge in [-0.3, -0.25) is 14.3 Å². The van der Waals surface area contributed by atoms with Crippen LogP contribution in [0.1, 0.15) is 51.6 Å². The number of carbonyl (C=O) groups excluding carboxylic acids is 1. The molecule has 2 heterocycles. The Kier molecular flexibility index (Phi) is 5.89. The van der Waals surface area contributed by atoms with Crippen molar-refractivity contribution in [2.45, 2.75) is 38.4 Å². The lowest BCUT2D eigenvalue weighted by molar-refractivity contribution is 0.0930. The Morgan fingerprint density at radius 1 is 0.939 bits per heavy atom. The molecule has 1 aliphatic rings. The minimum atomic E-state index is -0.337. The number of nitrogens with zero attached hydrogens (tertiary/aromatic N) is 3. The van der Waals surface area contributed by atoms with Crippen LogP contribution in [-0.4, -0.2) is 20.3 Å². The molecule has 1 atom stereocenters. The molecule has 0 aliphatic heterocycles. The lowest BCUT2D eigenvalue weighted by atomic mass is 9.92. The summed E-state index contributed by atoms with van der Waals surface area (Å²) in [5, 5.41) is 7.70. The van der Waals surface area contributed by atoms with Crippen molar-refractivity contribution in [2.75, 3.05) is 0 Å². The Bertz CT molecular complexity index is 1310. The minimum Gasteiger partial charge on any atom is -0.345 e. The number of aromatic nitrogens is 3. The number of rotatable bonds is 6. The SMILES string of the molecule is O=C(NC1CCCc2c1cnn2Cc1ccccc1)c1cccn(Cc2ccccc2)c1=O. The third-order valence-corrected chi connectivity index (χ3v) is 6.20. The van der Waals surface area contributed by atoms with E-state index >= 15 is 0 Å². The van der Waals surface area contributed by atoms with Crippen LogP contribution >= 0.6 is 0 Å². The van der Waals surface area contributed by atoms with E-state index in [4.69, 9.17) is 0 Å². The van der Waals surface area contributed by atoms with Gasteiger partial charge in [0.1, 0.15) is 5.56 Å². The van der Waals surface area contributed by atoms with E-state index in [2.05, 4.69) is 22.5 Å². The van der Waals surface area contributed by atoms with Crippen LogP contribution < -0.4 is 10.9 Å². The second-order valence-corrected chi connectivity index (χ2v) is 8.45. The fourth-order valence-corrected chi connectivity index (χ4v) is 4.51. The predicted octanol–water partition coefficient (Wildman–Crippen LogP) is 3.95. The zero-order chi connectivity index (χ0) is 22.6. The average Bonchev–Trinajstić information content (AvgIpc) is 3.25. The zero-order valence-corrected chi connectivity index (χ0v) is 18.4. The van der Waals surface area contributed by atoms with Crippen LogP contribution in [0.3, 0.4) is 0 Å². The molecule has 1 amide bonds. The lowest BCUT2D eigenvalue weighted by Gasteiger charge is -2.24. The van der Waals surface area contributed by atoms with Crippen molar-refractivity contribution < 1.29 is 4.79 Å². The predicted molar refractivity (Wildman–Crippen MR) is 127 cm³/mol. The lowest BCUT2D eigenvalue weighted by Crippen LogP contribution is -2.36. The van der Waals surface area contributed by atoms with Crippen LogP contribution in [0.5, 0.6) is 0 Å². The first-order valence-corrected chi connectivity index (χ1v) is 11.3. The minimum absolute atomic E-state index is 0.145. The van der Waals surface area contributed by atoms with Gasteiger partial charge in [-0.25, -0.2) is 0 Å². The molecule has 5 rings (SSSR count). The highest BCUT2D eigenvalue weighted by molar-refractivity contribution is 5.94. The van der Waals surface area contributed by atoms with Crippen LogP contribution in [0.4, 0.5) is 0 Å². The van der Waals surface area contributed by atoms with Crippen LogP contribution in [-0.2, 0) is 19.5 Å². The van der Waals surface area contributed by atoms with Crippen LogP contribution in [0.25, 0.3) is 0 Å². The van der Waals surface area contributed by atoms with Gasteiger partial charge in [0.25, 0.3) is 11.5 Å². The molecule has 0 bridgehead atoms. The molecule has 33 heavy (non-hydrogen) atoms. The summed E-state index contributed by atoms with van der Waals surface area (Å²) in [6, 6.07) is 23.2. The normalized spacial score (nSPS) is 15.1. The Hall–Kier alpha value is -3.93. The number of hydrogen-bond donors (Lipinski definition) is 1. The molecule has 1 unspecified atom stereocenters. The van der Waals surface area contributed by atoms with E-state index in [1.165, 1.54) is 5.56 Å². The quantitative estimate of drug-likeness (QED) is 0.496. The molecule has 1 N–H and O–H groups in total. The van der Waals surface area contributed by atoms with Gasteiger partial charge in [-0.05, 0) is 42.5 Å². The van der Waals surface area contributed by atoms with E-state index in [-0.39, 0.29) is 23.1 Å². The van der Waals surface area contributed by atoms with E-state index in [0.717, 1.165) is 36.1 Å². The Morgan fingerprint density at radius 2 is 1.64 bits per heavy atom. The van der Waals surface area contributed by atoms with Crippen molar-refractivity contribution in [2.24, 2.45) is 0 Å². The summed E-state index contributed by atoms with van der Waals surface area (Å²) < 4.78 is 3.60. The molecule has 0 saturated heterocycles. The van der Waals surface area contributed by atoms with Crippen LogP contribution in [0.2, 0.25) is 0 Å². The fraction of sp³-hybridized carbons (Fsp3) is 0.222. The molecule has 166 valence electrons. The number of hydrogen-bond acceptors (Lipinski definition) is 3. The largest absolute Gasteiger partial charge is 0.345 e. The highest BCUT2D eigenvalue weighted by Crippen LogP contribution is 2.30. The topological polar surface area (TPSA) is 68.9 Å². The highest BCUT2D eigenvalue weighted by atomic mass is 16.2. The van der Waals surface area contributed by atoms with Crippen molar-refractivity contribution in [3.05, 3.63) is 123 Å². The van der Waals surface area contributed by atoms with E-state index in [0.29, 0.717) is 13.1 Å². The smallest absolute Gasteiger partial charge is 0.263 e. The first kappa shape index (κ1) is 20.9. The molecule has 6 heteroatoms. The molecule has 0 fully saturated rings. The van der Waals surface area contributed by atoms with Gasteiger partial charge in [-0.1, -0.05) is 60.7 Å². The first-order valence-electron chi connectivity index (χ1n) is 11.3. The van der Waals surface area contributed by atoms with Gasteiger partial charge in [0.15, 0.2) is 0 Å². The van der Waals surface area contributed by atoms with Crippen LogP contribution in [0.15, 0.2) is 90.0 Å². The molecule has 0 saturated carbocycles. The highest BCUT2D eigenvalue weighted by Gasteiger charge is 2.26. The molecule has 6 nitrogen and oxygen atoms in total.